The number of carbonyl (C=O) groups excluding carboxylic acids is 1. The van der Waals surface area contributed by atoms with E-state index in [9.17, 15) is 14.3 Å². The van der Waals surface area contributed by atoms with Gasteiger partial charge in [-0.05, 0) is 37.1 Å². The maximum absolute atomic E-state index is 12.8. The summed E-state index contributed by atoms with van der Waals surface area (Å²) in [6, 6.07) is 5.77. The van der Waals surface area contributed by atoms with Gasteiger partial charge in [0.05, 0.1) is 0 Å². The number of nitrogens with zero attached hydrogens (tertiary/aromatic N) is 1. The Morgan fingerprint density at radius 1 is 1.40 bits per heavy atom. The van der Waals surface area contributed by atoms with Crippen molar-refractivity contribution in [2.75, 3.05) is 0 Å². The molecule has 0 saturated carbocycles. The van der Waals surface area contributed by atoms with Crippen molar-refractivity contribution >= 4 is 11.6 Å². The van der Waals surface area contributed by atoms with Crippen molar-refractivity contribution in [1.29, 1.82) is 0 Å². The van der Waals surface area contributed by atoms with E-state index in [0.29, 0.717) is 5.57 Å². The van der Waals surface area contributed by atoms with Gasteiger partial charge in [0.15, 0.2) is 5.71 Å². The average Bonchev–Trinajstić information content (AvgIpc) is 2.43. The van der Waals surface area contributed by atoms with E-state index in [1.165, 1.54) is 18.3 Å². The molecule has 0 unspecified atom stereocenters. The fraction of sp³-hybridized carbons (Fsp3) is 0.200. The highest BCUT2D eigenvalue weighted by Gasteiger charge is 2.16. The number of benzene rings is 1. The van der Waals surface area contributed by atoms with Gasteiger partial charge in [0.2, 0.25) is 0 Å². The van der Waals surface area contributed by atoms with Crippen LogP contribution in [0.5, 0.6) is 0 Å². The molecule has 0 aliphatic heterocycles. The summed E-state index contributed by atoms with van der Waals surface area (Å²) in [6.45, 7) is 6.96. The number of amides is 1. The van der Waals surface area contributed by atoms with E-state index in [0.717, 1.165) is 5.56 Å². The summed E-state index contributed by atoms with van der Waals surface area (Å²) in [5.74, 6) is -1.04. The normalized spacial score (nSPS) is 10.8. The molecule has 0 saturated heterocycles. The summed E-state index contributed by atoms with van der Waals surface area (Å²) in [5, 5.41) is 12.4. The van der Waals surface area contributed by atoms with Crippen LogP contribution in [0.25, 0.3) is 0 Å². The van der Waals surface area contributed by atoms with Crippen molar-refractivity contribution in [3.63, 3.8) is 0 Å². The Morgan fingerprint density at radius 2 is 2.00 bits per heavy atom. The Labute approximate surface area is 117 Å². The minimum atomic E-state index is -0.520. The Morgan fingerprint density at radius 3 is 2.50 bits per heavy atom. The van der Waals surface area contributed by atoms with Crippen LogP contribution < -0.4 is 5.32 Å². The first-order valence-electron chi connectivity index (χ1n) is 6.04. The quantitative estimate of drug-likeness (QED) is 0.641. The Balaban J connectivity index is 2.78. The molecule has 0 bridgehead atoms. The first-order valence-corrected chi connectivity index (χ1v) is 6.04. The van der Waals surface area contributed by atoms with Gasteiger partial charge < -0.3 is 10.4 Å². The van der Waals surface area contributed by atoms with Gasteiger partial charge in [-0.3, -0.25) is 4.79 Å². The van der Waals surface area contributed by atoms with E-state index in [2.05, 4.69) is 16.9 Å². The van der Waals surface area contributed by atoms with Crippen LogP contribution in [0.3, 0.4) is 0 Å². The molecular weight excluding hydrogens is 259 g/mol. The Kier molecular flexibility index (Phi) is 5.65. The molecule has 1 amide bonds. The third kappa shape index (κ3) is 4.35. The molecule has 0 heterocycles. The van der Waals surface area contributed by atoms with Crippen molar-refractivity contribution < 1.29 is 14.3 Å². The predicted octanol–water partition coefficient (Wildman–Crippen LogP) is 2.88. The van der Waals surface area contributed by atoms with Crippen molar-refractivity contribution in [3.8, 4) is 0 Å². The molecule has 2 N–H and O–H groups in total. The SMILES string of the molecule is C=CN=C(C(=O)NCc1ccc(F)cc1)C(O)=C(C)C. The van der Waals surface area contributed by atoms with Gasteiger partial charge in [0.1, 0.15) is 11.6 Å². The van der Waals surface area contributed by atoms with E-state index >= 15 is 0 Å². The molecule has 0 aliphatic carbocycles. The van der Waals surface area contributed by atoms with Gasteiger partial charge in [-0.1, -0.05) is 18.7 Å². The van der Waals surface area contributed by atoms with Crippen LogP contribution in [0.1, 0.15) is 19.4 Å². The number of rotatable bonds is 5. The van der Waals surface area contributed by atoms with E-state index in [4.69, 9.17) is 0 Å². The number of nitrogens with one attached hydrogen (secondary N) is 1. The number of aliphatic hydroxyl groups excluding tert-OH is 1. The molecular formula is C15H17FN2O2. The van der Waals surface area contributed by atoms with Gasteiger partial charge in [-0.25, -0.2) is 9.38 Å². The minimum absolute atomic E-state index is 0.0953. The summed E-state index contributed by atoms with van der Waals surface area (Å²) in [4.78, 5) is 15.7. The van der Waals surface area contributed by atoms with Crippen LogP contribution in [-0.2, 0) is 11.3 Å². The lowest BCUT2D eigenvalue weighted by atomic mass is 10.2. The van der Waals surface area contributed by atoms with E-state index in [1.807, 2.05) is 0 Å². The summed E-state index contributed by atoms with van der Waals surface area (Å²) >= 11 is 0. The molecule has 1 rings (SSSR count). The molecule has 0 radical (unpaired) electrons. The highest BCUT2D eigenvalue weighted by Crippen LogP contribution is 2.05. The number of halogens is 1. The van der Waals surface area contributed by atoms with E-state index in [1.54, 1.807) is 26.0 Å². The number of allylic oxidation sites excluding steroid dienone is 1. The molecule has 20 heavy (non-hydrogen) atoms. The van der Waals surface area contributed by atoms with E-state index in [-0.39, 0.29) is 23.8 Å². The van der Waals surface area contributed by atoms with Crippen LogP contribution in [0.2, 0.25) is 0 Å². The highest BCUT2D eigenvalue weighted by molar-refractivity contribution is 6.44. The summed E-state index contributed by atoms with van der Waals surface area (Å²) in [5.41, 5.74) is 1.22. The average molecular weight is 276 g/mol. The summed E-state index contributed by atoms with van der Waals surface area (Å²) in [6.07, 6.45) is 1.19. The van der Waals surface area contributed by atoms with Gasteiger partial charge in [-0.2, -0.15) is 0 Å². The summed E-state index contributed by atoms with van der Waals surface area (Å²) < 4.78 is 12.8. The number of hydrogen-bond acceptors (Lipinski definition) is 3. The standard InChI is InChI=1S/C15H17FN2O2/c1-4-17-13(14(19)10(2)3)15(20)18-9-11-5-7-12(16)8-6-11/h4-8,19H,1,9H2,2-3H3,(H,18,20). The van der Waals surface area contributed by atoms with Gasteiger partial charge in [0.25, 0.3) is 5.91 Å². The van der Waals surface area contributed by atoms with Gasteiger partial charge in [-0.15, -0.1) is 0 Å². The van der Waals surface area contributed by atoms with Crippen molar-refractivity contribution in [2.45, 2.75) is 20.4 Å². The monoisotopic (exact) mass is 276 g/mol. The number of carbonyl (C=O) groups is 1. The second kappa shape index (κ2) is 7.23. The maximum Gasteiger partial charge on any atom is 0.273 e. The fourth-order valence-corrected chi connectivity index (χ4v) is 1.42. The molecule has 106 valence electrons. The second-order valence-electron chi connectivity index (χ2n) is 4.32. The molecule has 0 aromatic heterocycles. The van der Waals surface area contributed by atoms with Gasteiger partial charge in [0, 0.05) is 12.7 Å². The molecule has 1 aromatic rings. The lowest BCUT2D eigenvalue weighted by molar-refractivity contribution is -0.115. The molecule has 1 aromatic carbocycles. The van der Waals surface area contributed by atoms with Crippen molar-refractivity contribution in [1.82, 2.24) is 5.32 Å². The third-order valence-electron chi connectivity index (χ3n) is 2.50. The third-order valence-corrected chi connectivity index (χ3v) is 2.50. The van der Waals surface area contributed by atoms with Gasteiger partial charge >= 0.3 is 0 Å². The number of aliphatic imine (C=N–C) groups is 1. The summed E-state index contributed by atoms with van der Waals surface area (Å²) in [7, 11) is 0. The molecule has 5 heteroatoms. The molecule has 0 spiro atoms. The Bertz CT molecular complexity index is 556. The van der Waals surface area contributed by atoms with Crippen LogP contribution in [0, 0.1) is 5.82 Å². The fourth-order valence-electron chi connectivity index (χ4n) is 1.42. The minimum Gasteiger partial charge on any atom is -0.506 e. The smallest absolute Gasteiger partial charge is 0.273 e. The first kappa shape index (κ1) is 15.6. The van der Waals surface area contributed by atoms with E-state index < -0.39 is 5.91 Å². The number of aliphatic hydroxyl groups is 1. The first-order chi connectivity index (χ1) is 9.45. The number of hydrogen-bond donors (Lipinski definition) is 2. The Hall–Kier alpha value is -2.43. The largest absolute Gasteiger partial charge is 0.506 e. The second-order valence-corrected chi connectivity index (χ2v) is 4.32. The van der Waals surface area contributed by atoms with Crippen LogP contribution >= 0.6 is 0 Å². The predicted molar refractivity (Wildman–Crippen MR) is 76.9 cm³/mol. The molecule has 0 atom stereocenters. The lowest BCUT2D eigenvalue weighted by Gasteiger charge is -2.08. The molecule has 0 aliphatic rings. The topological polar surface area (TPSA) is 61.7 Å². The zero-order chi connectivity index (χ0) is 15.1. The maximum atomic E-state index is 12.8. The highest BCUT2D eigenvalue weighted by atomic mass is 19.1. The zero-order valence-electron chi connectivity index (χ0n) is 11.5. The van der Waals surface area contributed by atoms with Crippen LogP contribution in [-0.4, -0.2) is 16.7 Å². The van der Waals surface area contributed by atoms with Crippen LogP contribution in [0.4, 0.5) is 4.39 Å². The lowest BCUT2D eigenvalue weighted by Crippen LogP contribution is -2.32. The zero-order valence-corrected chi connectivity index (χ0v) is 11.5. The van der Waals surface area contributed by atoms with Crippen LogP contribution in [0.15, 0.2) is 53.4 Å². The van der Waals surface area contributed by atoms with Crippen molar-refractivity contribution in [2.24, 2.45) is 4.99 Å². The molecule has 4 nitrogen and oxygen atoms in total. The van der Waals surface area contributed by atoms with Crippen molar-refractivity contribution in [3.05, 3.63) is 59.8 Å². The molecule has 0 fully saturated rings.